The van der Waals surface area contributed by atoms with Crippen LogP contribution in [0.2, 0.25) is 0 Å². The Labute approximate surface area is 105 Å². The van der Waals surface area contributed by atoms with E-state index >= 15 is 0 Å². The van der Waals surface area contributed by atoms with Crippen molar-refractivity contribution in [3.63, 3.8) is 0 Å². The number of hydrogen-bond donors (Lipinski definition) is 1. The van der Waals surface area contributed by atoms with Crippen molar-refractivity contribution in [2.75, 3.05) is 7.05 Å². The molecule has 18 heavy (non-hydrogen) atoms. The van der Waals surface area contributed by atoms with Crippen LogP contribution in [0.15, 0.2) is 18.2 Å². The summed E-state index contributed by atoms with van der Waals surface area (Å²) >= 11 is 0. The zero-order valence-electron chi connectivity index (χ0n) is 10.6. The molecule has 0 unspecified atom stereocenters. The fourth-order valence-corrected chi connectivity index (χ4v) is 1.39. The van der Waals surface area contributed by atoms with Gasteiger partial charge in [-0.05, 0) is 38.6 Å². The molecule has 1 aromatic carbocycles. The first-order valence-electron chi connectivity index (χ1n) is 5.42. The molecule has 0 saturated carbocycles. The number of hydrogen-bond acceptors (Lipinski definition) is 3. The summed E-state index contributed by atoms with van der Waals surface area (Å²) in [4.78, 5) is 12.7. The van der Waals surface area contributed by atoms with Crippen molar-refractivity contribution in [2.45, 2.75) is 25.9 Å². The van der Waals surface area contributed by atoms with Crippen molar-refractivity contribution in [1.29, 1.82) is 5.26 Å². The Morgan fingerprint density at radius 1 is 1.56 bits per heavy atom. The molecule has 96 valence electrons. The largest absolute Gasteiger partial charge is 0.480 e. The van der Waals surface area contributed by atoms with Gasteiger partial charge in [0.15, 0.2) is 0 Å². The number of rotatable bonds is 4. The van der Waals surface area contributed by atoms with Crippen LogP contribution in [-0.4, -0.2) is 28.6 Å². The molecule has 0 saturated heterocycles. The van der Waals surface area contributed by atoms with E-state index in [1.54, 1.807) is 37.9 Å². The third-order valence-electron chi connectivity index (χ3n) is 3.05. The smallest absolute Gasteiger partial charge is 0.323 e. The number of halogens is 1. The maximum atomic E-state index is 13.1. The number of aliphatic carboxylic acids is 1. The van der Waals surface area contributed by atoms with Crippen molar-refractivity contribution in [2.24, 2.45) is 0 Å². The maximum absolute atomic E-state index is 13.1. The Bertz CT molecular complexity index is 506. The van der Waals surface area contributed by atoms with E-state index in [1.807, 2.05) is 0 Å². The highest BCUT2D eigenvalue weighted by Gasteiger charge is 2.31. The van der Waals surface area contributed by atoms with Crippen LogP contribution in [0.5, 0.6) is 0 Å². The van der Waals surface area contributed by atoms with Gasteiger partial charge in [-0.3, -0.25) is 9.69 Å². The highest BCUT2D eigenvalue weighted by atomic mass is 19.1. The van der Waals surface area contributed by atoms with Gasteiger partial charge in [-0.1, -0.05) is 6.07 Å². The molecule has 0 fully saturated rings. The van der Waals surface area contributed by atoms with Gasteiger partial charge in [0.05, 0.1) is 5.56 Å². The number of nitrogens with zero attached hydrogens (tertiary/aromatic N) is 2. The lowest BCUT2D eigenvalue weighted by Crippen LogP contribution is -2.47. The molecule has 1 N–H and O–H groups in total. The molecule has 0 atom stereocenters. The first-order chi connectivity index (χ1) is 8.28. The summed E-state index contributed by atoms with van der Waals surface area (Å²) < 4.78 is 13.1. The molecule has 0 aliphatic carbocycles. The van der Waals surface area contributed by atoms with Gasteiger partial charge in [-0.15, -0.1) is 0 Å². The van der Waals surface area contributed by atoms with Crippen LogP contribution >= 0.6 is 0 Å². The predicted molar refractivity (Wildman–Crippen MR) is 64.3 cm³/mol. The van der Waals surface area contributed by atoms with E-state index in [0.29, 0.717) is 12.1 Å². The minimum absolute atomic E-state index is 0.0333. The van der Waals surface area contributed by atoms with E-state index in [1.165, 1.54) is 12.1 Å². The molecule has 0 aliphatic heterocycles. The Morgan fingerprint density at radius 3 is 2.67 bits per heavy atom. The lowest BCUT2D eigenvalue weighted by atomic mass is 10.0. The SMILES string of the molecule is CN(Cc1ccc(F)c(C#N)c1)C(C)(C)C(=O)O. The van der Waals surface area contributed by atoms with Crippen LogP contribution in [0.3, 0.4) is 0 Å². The van der Waals surface area contributed by atoms with E-state index in [9.17, 15) is 9.18 Å². The summed E-state index contributed by atoms with van der Waals surface area (Å²) in [6.07, 6.45) is 0. The number of likely N-dealkylation sites (N-methyl/N-ethyl adjacent to an activating group) is 1. The van der Waals surface area contributed by atoms with E-state index in [0.717, 1.165) is 0 Å². The van der Waals surface area contributed by atoms with E-state index in [2.05, 4.69) is 0 Å². The van der Waals surface area contributed by atoms with Crippen molar-refractivity contribution >= 4 is 5.97 Å². The highest BCUT2D eigenvalue weighted by Crippen LogP contribution is 2.17. The zero-order chi connectivity index (χ0) is 13.9. The molecule has 0 aromatic heterocycles. The lowest BCUT2D eigenvalue weighted by molar-refractivity contribution is -0.148. The minimum Gasteiger partial charge on any atom is -0.480 e. The minimum atomic E-state index is -1.03. The topological polar surface area (TPSA) is 64.3 Å². The Hall–Kier alpha value is -1.93. The molecular formula is C13H15FN2O2. The van der Waals surface area contributed by atoms with Crippen LogP contribution in [0, 0.1) is 17.1 Å². The highest BCUT2D eigenvalue weighted by molar-refractivity contribution is 5.77. The second-order valence-corrected chi connectivity index (χ2v) is 4.65. The monoisotopic (exact) mass is 250 g/mol. The number of carboxylic acids is 1. The molecule has 0 heterocycles. The molecule has 1 aromatic rings. The van der Waals surface area contributed by atoms with Gasteiger partial charge >= 0.3 is 5.97 Å². The Balaban J connectivity index is 2.93. The van der Waals surface area contributed by atoms with Gasteiger partial charge in [0.2, 0.25) is 0 Å². The first-order valence-corrected chi connectivity index (χ1v) is 5.42. The lowest BCUT2D eigenvalue weighted by Gasteiger charge is -2.31. The number of nitriles is 1. The molecule has 0 bridgehead atoms. The van der Waals surface area contributed by atoms with Gasteiger partial charge in [0.1, 0.15) is 17.4 Å². The average Bonchev–Trinajstić information content (AvgIpc) is 2.31. The van der Waals surface area contributed by atoms with Gasteiger partial charge in [-0.2, -0.15) is 5.26 Å². The second kappa shape index (κ2) is 5.15. The van der Waals surface area contributed by atoms with Gasteiger partial charge in [0, 0.05) is 6.54 Å². The predicted octanol–water partition coefficient (Wildman–Crippen LogP) is 1.99. The third-order valence-corrected chi connectivity index (χ3v) is 3.05. The van der Waals surface area contributed by atoms with Gasteiger partial charge in [0.25, 0.3) is 0 Å². The maximum Gasteiger partial charge on any atom is 0.323 e. The van der Waals surface area contributed by atoms with Crippen LogP contribution in [0.1, 0.15) is 25.0 Å². The van der Waals surface area contributed by atoms with Crippen molar-refractivity contribution in [1.82, 2.24) is 4.90 Å². The first kappa shape index (κ1) is 14.1. The van der Waals surface area contributed by atoms with E-state index in [-0.39, 0.29) is 5.56 Å². The number of carbonyl (C=O) groups is 1. The quantitative estimate of drug-likeness (QED) is 0.887. The van der Waals surface area contributed by atoms with E-state index < -0.39 is 17.3 Å². The molecule has 0 radical (unpaired) electrons. The standard InChI is InChI=1S/C13H15FN2O2/c1-13(2,12(17)18)16(3)8-9-4-5-11(14)10(6-9)7-15/h4-6H,8H2,1-3H3,(H,17,18). The number of carboxylic acid groups (broad SMARTS) is 1. The summed E-state index contributed by atoms with van der Waals surface area (Å²) in [5.74, 6) is -1.51. The fraction of sp³-hybridized carbons (Fsp3) is 0.385. The van der Waals surface area contributed by atoms with E-state index in [4.69, 9.17) is 10.4 Å². The second-order valence-electron chi connectivity index (χ2n) is 4.65. The molecule has 0 amide bonds. The average molecular weight is 250 g/mol. The van der Waals surface area contributed by atoms with Crippen molar-refractivity contribution in [3.8, 4) is 6.07 Å². The molecule has 0 spiro atoms. The summed E-state index contributed by atoms with van der Waals surface area (Å²) in [7, 11) is 1.67. The van der Waals surface area contributed by atoms with Crippen LogP contribution in [0.4, 0.5) is 4.39 Å². The van der Waals surface area contributed by atoms with Crippen molar-refractivity contribution < 1.29 is 14.3 Å². The van der Waals surface area contributed by atoms with Crippen LogP contribution in [-0.2, 0) is 11.3 Å². The van der Waals surface area contributed by atoms with Crippen LogP contribution < -0.4 is 0 Å². The van der Waals surface area contributed by atoms with Gasteiger partial charge < -0.3 is 5.11 Å². The molecule has 0 aliphatic rings. The summed E-state index contributed by atoms with van der Waals surface area (Å²) in [5, 5.41) is 17.8. The molecule has 4 nitrogen and oxygen atoms in total. The zero-order valence-corrected chi connectivity index (χ0v) is 10.6. The fourth-order valence-electron chi connectivity index (χ4n) is 1.39. The molecular weight excluding hydrogens is 235 g/mol. The molecule has 5 heteroatoms. The van der Waals surface area contributed by atoms with Gasteiger partial charge in [-0.25, -0.2) is 4.39 Å². The Morgan fingerprint density at radius 2 is 2.17 bits per heavy atom. The van der Waals surface area contributed by atoms with Crippen molar-refractivity contribution in [3.05, 3.63) is 35.1 Å². The Kier molecular flexibility index (Phi) is 4.04. The van der Waals surface area contributed by atoms with Crippen LogP contribution in [0.25, 0.3) is 0 Å². The summed E-state index contributed by atoms with van der Waals surface area (Å²) in [5.41, 5.74) is -0.361. The summed E-state index contributed by atoms with van der Waals surface area (Å²) in [6, 6.07) is 5.96. The normalized spacial score (nSPS) is 11.3. The molecule has 1 rings (SSSR count). The number of benzene rings is 1. The third kappa shape index (κ3) is 2.84. The summed E-state index contributed by atoms with van der Waals surface area (Å²) in [6.45, 7) is 3.50.